The van der Waals surface area contributed by atoms with E-state index in [0.717, 1.165) is 11.0 Å². The van der Waals surface area contributed by atoms with Crippen LogP contribution in [-0.4, -0.2) is 32.3 Å². The molecule has 3 rings (SSSR count). The Hall–Kier alpha value is -3.20. The van der Waals surface area contributed by atoms with Crippen molar-refractivity contribution in [3.05, 3.63) is 64.2 Å². The topological polar surface area (TPSA) is 113 Å². The molecular formula is C17H15N5O3S. The van der Waals surface area contributed by atoms with Gasteiger partial charge in [-0.05, 0) is 36.8 Å². The van der Waals surface area contributed by atoms with E-state index in [9.17, 15) is 14.9 Å². The van der Waals surface area contributed by atoms with Crippen molar-refractivity contribution >= 4 is 40.6 Å². The van der Waals surface area contributed by atoms with Gasteiger partial charge in [-0.1, -0.05) is 23.9 Å². The van der Waals surface area contributed by atoms with E-state index >= 15 is 0 Å². The summed E-state index contributed by atoms with van der Waals surface area (Å²) in [6.45, 7) is 1.76. The van der Waals surface area contributed by atoms with E-state index in [-0.39, 0.29) is 11.6 Å². The number of nitrogens with zero attached hydrogens (tertiary/aromatic N) is 3. The summed E-state index contributed by atoms with van der Waals surface area (Å²) in [5.41, 5.74) is 4.87. The van der Waals surface area contributed by atoms with Gasteiger partial charge in [0.15, 0.2) is 5.16 Å². The van der Waals surface area contributed by atoms with Crippen LogP contribution in [-0.2, 0) is 4.79 Å². The lowest BCUT2D eigenvalue weighted by Crippen LogP contribution is -2.26. The molecule has 0 fully saturated rings. The average Bonchev–Trinajstić information content (AvgIpc) is 3.04. The van der Waals surface area contributed by atoms with Crippen LogP contribution in [0.4, 0.5) is 5.69 Å². The maximum Gasteiger partial charge on any atom is 0.269 e. The molecule has 0 aliphatic heterocycles. The van der Waals surface area contributed by atoms with E-state index in [0.29, 0.717) is 10.7 Å². The van der Waals surface area contributed by atoms with Crippen molar-refractivity contribution in [3.63, 3.8) is 0 Å². The monoisotopic (exact) mass is 369 g/mol. The second-order valence-corrected chi connectivity index (χ2v) is 6.73. The zero-order valence-corrected chi connectivity index (χ0v) is 14.6. The Morgan fingerprint density at radius 3 is 2.73 bits per heavy atom. The molecule has 9 heteroatoms. The number of imidazole rings is 1. The first-order valence-corrected chi connectivity index (χ1v) is 8.59. The van der Waals surface area contributed by atoms with E-state index in [1.165, 1.54) is 30.1 Å². The minimum atomic E-state index is -0.473. The van der Waals surface area contributed by atoms with Gasteiger partial charge in [0.2, 0.25) is 0 Å². The predicted octanol–water partition coefficient (Wildman–Crippen LogP) is 3.10. The van der Waals surface area contributed by atoms with Crippen molar-refractivity contribution in [2.75, 3.05) is 0 Å². The number of para-hydroxylation sites is 2. The Kier molecular flexibility index (Phi) is 5.28. The Balaban J connectivity index is 1.55. The minimum Gasteiger partial charge on any atom is -0.333 e. The van der Waals surface area contributed by atoms with Gasteiger partial charge in [0.05, 0.1) is 27.4 Å². The Labute approximate surface area is 152 Å². The lowest BCUT2D eigenvalue weighted by Gasteiger charge is -2.06. The molecule has 1 amide bonds. The summed E-state index contributed by atoms with van der Waals surface area (Å²) in [5.74, 6) is -0.270. The van der Waals surface area contributed by atoms with Crippen LogP contribution in [0.5, 0.6) is 0 Å². The number of carbonyl (C=O) groups excluding carboxylic acids is 1. The highest BCUT2D eigenvalue weighted by Gasteiger charge is 2.16. The Morgan fingerprint density at radius 1 is 1.31 bits per heavy atom. The maximum atomic E-state index is 12.1. The average molecular weight is 369 g/mol. The van der Waals surface area contributed by atoms with Crippen molar-refractivity contribution in [2.45, 2.75) is 17.3 Å². The van der Waals surface area contributed by atoms with Crippen molar-refractivity contribution in [2.24, 2.45) is 5.10 Å². The number of carbonyl (C=O) groups is 1. The van der Waals surface area contributed by atoms with Crippen LogP contribution in [0.3, 0.4) is 0 Å². The van der Waals surface area contributed by atoms with Crippen molar-refractivity contribution < 1.29 is 9.72 Å². The van der Waals surface area contributed by atoms with Gasteiger partial charge in [-0.3, -0.25) is 14.9 Å². The molecule has 2 N–H and O–H groups in total. The number of rotatable bonds is 6. The first-order valence-electron chi connectivity index (χ1n) is 7.72. The summed E-state index contributed by atoms with van der Waals surface area (Å²) in [4.78, 5) is 29.8. The molecule has 1 aromatic heterocycles. The normalized spacial score (nSPS) is 12.3. The zero-order valence-electron chi connectivity index (χ0n) is 13.7. The highest BCUT2D eigenvalue weighted by atomic mass is 32.2. The molecule has 1 atom stereocenters. The van der Waals surface area contributed by atoms with Gasteiger partial charge in [-0.2, -0.15) is 5.10 Å². The number of aromatic amines is 1. The molecule has 1 heterocycles. The van der Waals surface area contributed by atoms with Crippen molar-refractivity contribution in [3.8, 4) is 0 Å². The van der Waals surface area contributed by atoms with Crippen LogP contribution >= 0.6 is 11.8 Å². The summed E-state index contributed by atoms with van der Waals surface area (Å²) in [5, 5.41) is 14.7. The molecule has 26 heavy (non-hydrogen) atoms. The summed E-state index contributed by atoms with van der Waals surface area (Å²) in [7, 11) is 0. The molecule has 2 aromatic carbocycles. The second kappa shape index (κ2) is 7.79. The van der Waals surface area contributed by atoms with Gasteiger partial charge in [-0.25, -0.2) is 10.4 Å². The number of non-ortho nitro benzene ring substituents is 1. The molecule has 0 spiro atoms. The standard InChI is InChI=1S/C17H15N5O3S/c1-11(26-17-19-14-4-2-3-5-15(14)20-17)16(23)21-18-10-12-6-8-13(9-7-12)22(24)25/h2-11H,1H3,(H,19,20)(H,21,23)/b18-10-/t11-/m0/s1. The highest BCUT2D eigenvalue weighted by Crippen LogP contribution is 2.23. The third-order valence-corrected chi connectivity index (χ3v) is 4.50. The quantitative estimate of drug-likeness (QED) is 0.300. The van der Waals surface area contributed by atoms with Crippen LogP contribution in [0.15, 0.2) is 58.8 Å². The smallest absolute Gasteiger partial charge is 0.269 e. The molecule has 0 radical (unpaired) electrons. The highest BCUT2D eigenvalue weighted by molar-refractivity contribution is 8.00. The van der Waals surface area contributed by atoms with Crippen LogP contribution < -0.4 is 5.43 Å². The number of hydrogen-bond acceptors (Lipinski definition) is 6. The number of aromatic nitrogens is 2. The molecule has 0 saturated heterocycles. The van der Waals surface area contributed by atoms with E-state index in [1.807, 2.05) is 24.3 Å². The predicted molar refractivity (Wildman–Crippen MR) is 100 cm³/mol. The Bertz CT molecular complexity index is 935. The summed E-state index contributed by atoms with van der Waals surface area (Å²) >= 11 is 1.30. The number of fused-ring (bicyclic) bond motifs is 1. The SMILES string of the molecule is C[C@H](Sc1nc2ccccc2[nH]1)C(=O)N/N=C\c1ccc([N+](=O)[O-])cc1. The van der Waals surface area contributed by atoms with Crippen molar-refractivity contribution in [1.82, 2.24) is 15.4 Å². The number of nitro benzene ring substituents is 1. The van der Waals surface area contributed by atoms with Crippen molar-refractivity contribution in [1.29, 1.82) is 0 Å². The number of hydrazone groups is 1. The van der Waals surface area contributed by atoms with Gasteiger partial charge in [0.1, 0.15) is 0 Å². The number of benzene rings is 2. The second-order valence-electron chi connectivity index (χ2n) is 5.40. The molecule has 8 nitrogen and oxygen atoms in total. The molecule has 132 valence electrons. The number of amides is 1. The van der Waals surface area contributed by atoms with Crippen LogP contribution in [0, 0.1) is 10.1 Å². The largest absolute Gasteiger partial charge is 0.333 e. The lowest BCUT2D eigenvalue weighted by molar-refractivity contribution is -0.384. The van der Waals surface area contributed by atoms with Gasteiger partial charge in [0.25, 0.3) is 11.6 Å². The third kappa shape index (κ3) is 4.25. The van der Waals surface area contributed by atoms with E-state index < -0.39 is 10.2 Å². The number of thioether (sulfide) groups is 1. The molecule has 0 unspecified atom stereocenters. The minimum absolute atomic E-state index is 0.00189. The molecule has 0 bridgehead atoms. The fourth-order valence-corrected chi connectivity index (χ4v) is 2.96. The van der Waals surface area contributed by atoms with Crippen LogP contribution in [0.1, 0.15) is 12.5 Å². The molecular weight excluding hydrogens is 354 g/mol. The first kappa shape index (κ1) is 17.6. The van der Waals surface area contributed by atoms with Gasteiger partial charge in [0, 0.05) is 12.1 Å². The fourth-order valence-electron chi connectivity index (χ4n) is 2.15. The van der Waals surface area contributed by atoms with E-state index in [1.54, 1.807) is 19.1 Å². The molecule has 3 aromatic rings. The third-order valence-electron chi connectivity index (χ3n) is 3.52. The summed E-state index contributed by atoms with van der Waals surface area (Å²) in [6, 6.07) is 13.5. The van der Waals surface area contributed by atoms with Gasteiger partial charge >= 0.3 is 0 Å². The zero-order chi connectivity index (χ0) is 18.5. The number of nitrogens with one attached hydrogen (secondary N) is 2. The van der Waals surface area contributed by atoms with Crippen LogP contribution in [0.25, 0.3) is 11.0 Å². The van der Waals surface area contributed by atoms with Gasteiger partial charge in [-0.15, -0.1) is 0 Å². The first-order chi connectivity index (χ1) is 12.5. The lowest BCUT2D eigenvalue weighted by atomic mass is 10.2. The van der Waals surface area contributed by atoms with Crippen LogP contribution in [0.2, 0.25) is 0 Å². The molecule has 0 saturated carbocycles. The van der Waals surface area contributed by atoms with Gasteiger partial charge < -0.3 is 4.98 Å². The number of hydrogen-bond donors (Lipinski definition) is 2. The summed E-state index contributed by atoms with van der Waals surface area (Å²) < 4.78 is 0. The number of H-pyrrole nitrogens is 1. The molecule has 0 aliphatic carbocycles. The summed E-state index contributed by atoms with van der Waals surface area (Å²) in [6.07, 6.45) is 1.43. The van der Waals surface area contributed by atoms with E-state index in [4.69, 9.17) is 0 Å². The van der Waals surface area contributed by atoms with E-state index in [2.05, 4.69) is 20.5 Å². The number of nitro groups is 1. The molecule has 0 aliphatic rings. The maximum absolute atomic E-state index is 12.1. The Morgan fingerprint density at radius 2 is 2.04 bits per heavy atom. The fraction of sp³-hybridized carbons (Fsp3) is 0.118.